The van der Waals surface area contributed by atoms with Crippen LogP contribution in [0.15, 0.2) is 30.3 Å². The van der Waals surface area contributed by atoms with Crippen LogP contribution in [0.4, 0.5) is 0 Å². The molecule has 0 saturated heterocycles. The molecule has 78 valence electrons. The Morgan fingerprint density at radius 1 is 1.21 bits per heavy atom. The van der Waals surface area contributed by atoms with Gasteiger partial charge in [0.2, 0.25) is 0 Å². The molecule has 0 saturated carbocycles. The molecule has 0 bridgehead atoms. The molecule has 0 aliphatic heterocycles. The van der Waals surface area contributed by atoms with Crippen molar-refractivity contribution in [3.05, 3.63) is 30.3 Å². The summed E-state index contributed by atoms with van der Waals surface area (Å²) in [6, 6.07) is 10.7. The van der Waals surface area contributed by atoms with Crippen LogP contribution in [-0.4, -0.2) is 27.7 Å². The Bertz CT molecular complexity index is 269. The second kappa shape index (κ2) is 4.97. The molecule has 1 rings (SSSR count). The van der Waals surface area contributed by atoms with Crippen molar-refractivity contribution in [3.8, 4) is 0 Å². The minimum absolute atomic E-state index is 0.0180. The second-order valence-corrected chi connectivity index (χ2v) is 6.85. The van der Waals surface area contributed by atoms with E-state index in [1.807, 2.05) is 0 Å². The van der Waals surface area contributed by atoms with Gasteiger partial charge in [0.1, 0.15) is 0 Å². The van der Waals surface area contributed by atoms with Gasteiger partial charge >= 0.3 is 92.8 Å². The predicted octanol–water partition coefficient (Wildman–Crippen LogP) is 2.25. The molecule has 1 aromatic carbocycles. The molecule has 2 heteroatoms. The van der Waals surface area contributed by atoms with Gasteiger partial charge < -0.3 is 0 Å². The minimum atomic E-state index is -0.0180. The average Bonchev–Trinajstić information content (AvgIpc) is 2.19. The summed E-state index contributed by atoms with van der Waals surface area (Å²) in [4.78, 5) is 0.586. The fourth-order valence-electron chi connectivity index (χ4n) is 1.01. The summed E-state index contributed by atoms with van der Waals surface area (Å²) < 4.78 is 6.93. The first-order chi connectivity index (χ1) is 6.56. The van der Waals surface area contributed by atoms with Gasteiger partial charge in [-0.05, 0) is 0 Å². The number of methoxy groups -OCH3 is 1. The van der Waals surface area contributed by atoms with Crippen molar-refractivity contribution in [2.75, 3.05) is 7.11 Å². The van der Waals surface area contributed by atoms with Crippen LogP contribution in [0.25, 0.3) is 0 Å². The van der Waals surface area contributed by atoms with Gasteiger partial charge in [0.15, 0.2) is 0 Å². The van der Waals surface area contributed by atoms with E-state index in [0.29, 0.717) is 19.8 Å². The van der Waals surface area contributed by atoms with Crippen LogP contribution in [0.1, 0.15) is 20.8 Å². The van der Waals surface area contributed by atoms with Crippen LogP contribution < -0.4 is 4.46 Å². The van der Waals surface area contributed by atoms with Gasteiger partial charge in [-0.1, -0.05) is 0 Å². The standard InChI is InChI=1S/C12H18OSe/c1-10(12(2,3)13-4)14-11-8-6-5-7-9-11/h5-10H,1-4H3. The summed E-state index contributed by atoms with van der Waals surface area (Å²) in [5.41, 5.74) is -0.0180. The van der Waals surface area contributed by atoms with Crippen LogP contribution in [0.2, 0.25) is 4.82 Å². The van der Waals surface area contributed by atoms with Crippen molar-refractivity contribution in [3.63, 3.8) is 0 Å². The fraction of sp³-hybridized carbons (Fsp3) is 0.500. The zero-order chi connectivity index (χ0) is 10.6. The maximum atomic E-state index is 5.49. The molecule has 0 radical (unpaired) electrons. The van der Waals surface area contributed by atoms with Gasteiger partial charge in [0.25, 0.3) is 0 Å². The molecule has 0 N–H and O–H groups in total. The first-order valence-electron chi connectivity index (χ1n) is 4.83. The molecule has 0 spiro atoms. The van der Waals surface area contributed by atoms with Crippen LogP contribution in [0, 0.1) is 0 Å². The third kappa shape index (κ3) is 3.13. The van der Waals surface area contributed by atoms with E-state index in [4.69, 9.17) is 4.74 Å². The number of hydrogen-bond donors (Lipinski definition) is 0. The van der Waals surface area contributed by atoms with Gasteiger partial charge in [0.05, 0.1) is 0 Å². The third-order valence-corrected chi connectivity index (χ3v) is 5.64. The average molecular weight is 257 g/mol. The van der Waals surface area contributed by atoms with E-state index in [-0.39, 0.29) is 5.60 Å². The first-order valence-corrected chi connectivity index (χ1v) is 6.67. The molecule has 0 aliphatic rings. The van der Waals surface area contributed by atoms with Gasteiger partial charge in [-0.3, -0.25) is 0 Å². The summed E-state index contributed by atoms with van der Waals surface area (Å²) >= 11 is 0.487. The molecular weight excluding hydrogens is 239 g/mol. The van der Waals surface area contributed by atoms with E-state index >= 15 is 0 Å². The van der Waals surface area contributed by atoms with E-state index < -0.39 is 0 Å². The topological polar surface area (TPSA) is 9.23 Å². The maximum absolute atomic E-state index is 5.49. The molecule has 1 unspecified atom stereocenters. The molecule has 1 nitrogen and oxygen atoms in total. The molecule has 0 aliphatic carbocycles. The Balaban J connectivity index is 2.62. The van der Waals surface area contributed by atoms with Crippen LogP contribution >= 0.6 is 0 Å². The zero-order valence-corrected chi connectivity index (χ0v) is 11.0. The molecule has 14 heavy (non-hydrogen) atoms. The molecule has 0 heterocycles. The molecule has 0 aromatic heterocycles. The Hall–Kier alpha value is -0.301. The number of rotatable bonds is 4. The van der Waals surface area contributed by atoms with Crippen LogP contribution in [-0.2, 0) is 4.74 Å². The summed E-state index contributed by atoms with van der Waals surface area (Å²) in [6.07, 6.45) is 0. The van der Waals surface area contributed by atoms with Crippen molar-refractivity contribution in [2.24, 2.45) is 0 Å². The summed E-state index contributed by atoms with van der Waals surface area (Å²) in [6.45, 7) is 6.57. The van der Waals surface area contributed by atoms with E-state index in [1.165, 1.54) is 4.46 Å². The van der Waals surface area contributed by atoms with Crippen molar-refractivity contribution in [1.29, 1.82) is 0 Å². The Labute approximate surface area is 93.0 Å². The van der Waals surface area contributed by atoms with Gasteiger partial charge in [-0.25, -0.2) is 0 Å². The molecule has 1 aromatic rings. The monoisotopic (exact) mass is 258 g/mol. The van der Waals surface area contributed by atoms with Crippen LogP contribution in [0.5, 0.6) is 0 Å². The van der Waals surface area contributed by atoms with Gasteiger partial charge in [0, 0.05) is 0 Å². The fourth-order valence-corrected chi connectivity index (χ4v) is 3.32. The second-order valence-electron chi connectivity index (χ2n) is 3.88. The molecular formula is C12H18OSe. The van der Waals surface area contributed by atoms with Gasteiger partial charge in [-0.15, -0.1) is 0 Å². The van der Waals surface area contributed by atoms with Crippen LogP contribution in [0.3, 0.4) is 0 Å². The van der Waals surface area contributed by atoms with E-state index in [1.54, 1.807) is 7.11 Å². The van der Waals surface area contributed by atoms with Gasteiger partial charge in [-0.2, -0.15) is 0 Å². The van der Waals surface area contributed by atoms with Crippen molar-refractivity contribution >= 4 is 19.4 Å². The van der Waals surface area contributed by atoms with E-state index in [2.05, 4.69) is 51.1 Å². The van der Waals surface area contributed by atoms with Crippen molar-refractivity contribution in [2.45, 2.75) is 31.2 Å². The first kappa shape index (κ1) is 11.8. The molecule has 0 amide bonds. The normalized spacial score (nSPS) is 14.0. The summed E-state index contributed by atoms with van der Waals surface area (Å²) in [5.74, 6) is 0. The number of hydrogen-bond acceptors (Lipinski definition) is 1. The Kier molecular flexibility index (Phi) is 4.18. The Morgan fingerprint density at radius 2 is 1.79 bits per heavy atom. The summed E-state index contributed by atoms with van der Waals surface area (Å²) in [5, 5.41) is 0. The summed E-state index contributed by atoms with van der Waals surface area (Å²) in [7, 11) is 1.79. The molecule has 0 fully saturated rings. The third-order valence-electron chi connectivity index (χ3n) is 2.56. The SMILES string of the molecule is COC(C)(C)C(C)[Se]c1ccccc1. The zero-order valence-electron chi connectivity index (χ0n) is 9.28. The molecule has 1 atom stereocenters. The number of benzene rings is 1. The van der Waals surface area contributed by atoms with E-state index in [0.717, 1.165) is 0 Å². The van der Waals surface area contributed by atoms with Crippen molar-refractivity contribution in [1.82, 2.24) is 0 Å². The number of ether oxygens (including phenoxy) is 1. The predicted molar refractivity (Wildman–Crippen MR) is 62.3 cm³/mol. The van der Waals surface area contributed by atoms with Crippen molar-refractivity contribution < 1.29 is 4.74 Å². The quantitative estimate of drug-likeness (QED) is 0.752. The Morgan fingerprint density at radius 3 is 2.29 bits per heavy atom. The van der Waals surface area contributed by atoms with E-state index in [9.17, 15) is 0 Å².